The minimum absolute atomic E-state index is 0.124. The zero-order valence-corrected chi connectivity index (χ0v) is 23.1. The quantitative estimate of drug-likeness (QED) is 0.286. The van der Waals surface area contributed by atoms with Crippen LogP contribution in [0.15, 0.2) is 12.3 Å². The van der Waals surface area contributed by atoms with Gasteiger partial charge in [0.05, 0.1) is 18.8 Å². The van der Waals surface area contributed by atoms with Crippen molar-refractivity contribution in [3.63, 3.8) is 0 Å². The molecule has 4 aliphatic heterocycles. The number of hydrogen-bond acceptors (Lipinski definition) is 9. The van der Waals surface area contributed by atoms with Gasteiger partial charge in [-0.05, 0) is 59.8 Å². The van der Waals surface area contributed by atoms with Crippen molar-refractivity contribution in [2.75, 3.05) is 13.1 Å². The minimum atomic E-state index is -0.538. The molecule has 0 aromatic rings. The van der Waals surface area contributed by atoms with Crippen molar-refractivity contribution in [2.45, 2.75) is 116 Å². The number of rotatable bonds is 6. The number of carbonyl (C=O) groups excluding carboxylic acids is 5. The largest absolute Gasteiger partial charge is 0.347 e. The van der Waals surface area contributed by atoms with Crippen LogP contribution in [0.4, 0.5) is 0 Å². The Labute approximate surface area is 225 Å². The number of imide groups is 1. The fraction of sp³-hybridized carbons (Fsp3) is 0.741. The van der Waals surface area contributed by atoms with Crippen LogP contribution in [-0.4, -0.2) is 86.8 Å². The van der Waals surface area contributed by atoms with Gasteiger partial charge in [-0.2, -0.15) is 0 Å². The van der Waals surface area contributed by atoms with Crippen LogP contribution in [0.25, 0.3) is 0 Å². The molecule has 4 atom stereocenters. The summed E-state index contributed by atoms with van der Waals surface area (Å²) in [5.41, 5.74) is 0.568. The second kappa shape index (κ2) is 13.3. The van der Waals surface area contributed by atoms with Gasteiger partial charge in [-0.15, -0.1) is 10.1 Å². The molecule has 0 aliphatic carbocycles. The molecule has 3 amide bonds. The van der Waals surface area contributed by atoms with Gasteiger partial charge in [-0.25, -0.2) is 9.59 Å². The Morgan fingerprint density at radius 1 is 0.658 bits per heavy atom. The van der Waals surface area contributed by atoms with Crippen LogP contribution in [-0.2, 0) is 33.6 Å². The van der Waals surface area contributed by atoms with E-state index in [1.54, 1.807) is 0 Å². The smallest absolute Gasteiger partial charge is 0.332 e. The SMILES string of the molecule is C=C1CCC(=O)N1OC(=O)[13CH2][15N]1C(C)CCCC1C.CC1CCCC(C)[15N]1CC(=O)ON1C(=O)CCC1=O. The third-order valence-corrected chi connectivity index (χ3v) is 7.91. The predicted octanol–water partition coefficient (Wildman–Crippen LogP) is 2.70. The highest BCUT2D eigenvalue weighted by Gasteiger charge is 2.35. The lowest BCUT2D eigenvalue weighted by molar-refractivity contribution is -0.199. The fourth-order valence-corrected chi connectivity index (χ4v) is 5.54. The van der Waals surface area contributed by atoms with Gasteiger partial charge in [0.2, 0.25) is 0 Å². The monoisotopic (exact) mass is 537 g/mol. The van der Waals surface area contributed by atoms with Crippen molar-refractivity contribution in [1.29, 1.82) is 0 Å². The summed E-state index contributed by atoms with van der Waals surface area (Å²) in [5.74, 6) is -1.96. The first-order valence-electron chi connectivity index (χ1n) is 13.8. The van der Waals surface area contributed by atoms with Crippen LogP contribution < -0.4 is 0 Å². The molecule has 0 saturated carbocycles. The average Bonchev–Trinajstić information content (AvgIpc) is 3.34. The molecule has 4 saturated heterocycles. The van der Waals surface area contributed by atoms with Crippen molar-refractivity contribution in [1.82, 2.24) is 19.9 Å². The van der Waals surface area contributed by atoms with Gasteiger partial charge in [0.15, 0.2) is 0 Å². The fourth-order valence-electron chi connectivity index (χ4n) is 5.54. The normalized spacial score (nSPS) is 28.8. The summed E-state index contributed by atoms with van der Waals surface area (Å²) >= 11 is 0. The van der Waals surface area contributed by atoms with E-state index < -0.39 is 17.8 Å². The Hall–Kier alpha value is -2.79. The zero-order valence-electron chi connectivity index (χ0n) is 23.1. The second-order valence-corrected chi connectivity index (χ2v) is 10.9. The number of piperidine rings is 2. The van der Waals surface area contributed by atoms with Crippen LogP contribution in [0.3, 0.4) is 0 Å². The summed E-state index contributed by atoms with van der Waals surface area (Å²) in [5, 5.41) is 1.67. The van der Waals surface area contributed by atoms with Gasteiger partial charge in [0.25, 0.3) is 17.7 Å². The van der Waals surface area contributed by atoms with Gasteiger partial charge in [-0.1, -0.05) is 19.4 Å². The van der Waals surface area contributed by atoms with Crippen molar-refractivity contribution in [3.05, 3.63) is 12.3 Å². The Balaban J connectivity index is 0.000000211. The molecule has 11 heteroatoms. The lowest BCUT2D eigenvalue weighted by atomic mass is 10.0. The second-order valence-electron chi connectivity index (χ2n) is 10.9. The van der Waals surface area contributed by atoms with E-state index in [0.29, 0.717) is 47.8 Å². The van der Waals surface area contributed by atoms with Crippen molar-refractivity contribution in [2.24, 2.45) is 0 Å². The number of nitrogens with zero attached hydrogens (tertiary/aromatic N) is 4. The third kappa shape index (κ3) is 7.63. The molecule has 0 N–H and O–H groups in total. The Morgan fingerprint density at radius 3 is 1.37 bits per heavy atom. The summed E-state index contributed by atoms with van der Waals surface area (Å²) in [6.07, 6.45) is 7.89. The average molecular weight is 538 g/mol. The molecule has 0 aromatic carbocycles. The van der Waals surface area contributed by atoms with Gasteiger partial charge in [-0.3, -0.25) is 24.2 Å². The molecule has 11 nitrogen and oxygen atoms in total. The summed E-state index contributed by atoms with van der Waals surface area (Å²) in [6.45, 7) is 12.5. The summed E-state index contributed by atoms with van der Waals surface area (Å²) < 4.78 is 0. The molecule has 4 heterocycles. The number of carbonyl (C=O) groups is 5. The van der Waals surface area contributed by atoms with Gasteiger partial charge < -0.3 is 9.68 Å². The summed E-state index contributed by atoms with van der Waals surface area (Å²) in [7, 11) is 0. The molecule has 4 rings (SSSR count). The minimum Gasteiger partial charge on any atom is -0.332 e. The van der Waals surface area contributed by atoms with Crippen LogP contribution in [0.2, 0.25) is 0 Å². The Kier molecular flexibility index (Phi) is 10.4. The molecule has 4 aliphatic rings. The highest BCUT2D eigenvalue weighted by atomic mass is 16.7. The number of hydrogen-bond donors (Lipinski definition) is 0. The van der Waals surface area contributed by atoms with Gasteiger partial charge in [0.1, 0.15) is 0 Å². The number of hydroxylamine groups is 4. The molecule has 0 bridgehead atoms. The standard InChI is InChI=1S/C14H22N2O3.C13H20N2O4/c1-10-5-4-6-11(2)15(10)9-14(18)19-16-12(3)7-8-13(16)17;1-9-4-3-5-10(2)14(9)8-13(18)19-15-11(16)6-7-12(15)17/h10-11H,3-9H2,1-2H3;9-10H,3-8H2,1-2H3/i9+1,15+1;14+1. The maximum absolute atomic E-state index is 12.0. The van der Waals surface area contributed by atoms with E-state index in [1.807, 2.05) is 0 Å². The molecule has 38 heavy (non-hydrogen) atoms. The molecule has 4 unspecified atom stereocenters. The van der Waals surface area contributed by atoms with E-state index in [0.717, 1.165) is 37.2 Å². The van der Waals surface area contributed by atoms with Crippen LogP contribution in [0, 0.1) is 0 Å². The third-order valence-electron chi connectivity index (χ3n) is 7.91. The molecular formula is C27H42N4O7. The van der Waals surface area contributed by atoms with E-state index in [4.69, 9.17) is 9.68 Å². The number of likely N-dealkylation sites (tertiary alicyclic amines) is 2. The van der Waals surface area contributed by atoms with Gasteiger partial charge in [0, 0.05) is 43.4 Å². The van der Waals surface area contributed by atoms with Crippen molar-refractivity contribution >= 4 is 29.7 Å². The van der Waals surface area contributed by atoms with E-state index >= 15 is 0 Å². The van der Waals surface area contributed by atoms with Crippen LogP contribution >= 0.6 is 0 Å². The molecule has 212 valence electrons. The maximum atomic E-state index is 12.0. The van der Waals surface area contributed by atoms with E-state index in [2.05, 4.69) is 44.1 Å². The zero-order chi connectivity index (χ0) is 28.0. The summed E-state index contributed by atoms with van der Waals surface area (Å²) in [6, 6.07) is 1.41. The van der Waals surface area contributed by atoms with Crippen LogP contribution in [0.1, 0.15) is 91.9 Å². The molecule has 0 aromatic heterocycles. The molecule has 0 radical (unpaired) electrons. The highest BCUT2D eigenvalue weighted by molar-refractivity contribution is 6.01. The predicted molar refractivity (Wildman–Crippen MR) is 137 cm³/mol. The first-order valence-corrected chi connectivity index (χ1v) is 13.8. The lowest BCUT2D eigenvalue weighted by Gasteiger charge is -2.38. The first kappa shape index (κ1) is 29.8. The van der Waals surface area contributed by atoms with Gasteiger partial charge >= 0.3 is 11.9 Å². The molecular weight excluding hydrogens is 495 g/mol. The van der Waals surface area contributed by atoms with E-state index in [1.165, 1.54) is 6.42 Å². The number of allylic oxidation sites excluding steroid dienone is 1. The van der Waals surface area contributed by atoms with Crippen LogP contribution in [0.5, 0.6) is 0 Å². The Morgan fingerprint density at radius 2 is 1.00 bits per heavy atom. The first-order chi connectivity index (χ1) is 18.0. The Bertz CT molecular complexity index is 812. The lowest BCUT2D eigenvalue weighted by Crippen LogP contribution is -2.47. The van der Waals surface area contributed by atoms with E-state index in [9.17, 15) is 24.0 Å². The van der Waals surface area contributed by atoms with Crippen molar-refractivity contribution < 1.29 is 33.6 Å². The van der Waals surface area contributed by atoms with E-state index in [-0.39, 0.29) is 37.8 Å². The van der Waals surface area contributed by atoms with Crippen molar-refractivity contribution in [3.8, 4) is 0 Å². The maximum Gasteiger partial charge on any atom is 0.347 e. The number of amides is 3. The summed E-state index contributed by atoms with van der Waals surface area (Å²) in [4.78, 5) is 72.3. The molecule has 4 fully saturated rings. The highest BCUT2D eigenvalue weighted by Crippen LogP contribution is 2.24. The molecule has 0 spiro atoms. The topological polar surface area (TPSA) is 117 Å².